The third kappa shape index (κ3) is 3.27. The van der Waals surface area contributed by atoms with Crippen LogP contribution in [-0.4, -0.2) is 57.6 Å². The molecule has 2 aromatic rings. The zero-order valence-corrected chi connectivity index (χ0v) is 16.5. The Morgan fingerprint density at radius 1 is 1.11 bits per heavy atom. The van der Waals surface area contributed by atoms with Crippen LogP contribution in [0.5, 0.6) is 5.75 Å². The number of benzene rings is 2. The van der Waals surface area contributed by atoms with E-state index in [-0.39, 0.29) is 6.04 Å². The van der Waals surface area contributed by atoms with E-state index >= 15 is 0 Å². The number of hydrogen-bond donors (Lipinski definition) is 2. The highest BCUT2D eigenvalue weighted by molar-refractivity contribution is 8.23. The van der Waals surface area contributed by atoms with Crippen LogP contribution in [0.4, 0.5) is 5.69 Å². The molecular weight excluding hydrogens is 376 g/mol. The lowest BCUT2D eigenvalue weighted by atomic mass is 10.0. The van der Waals surface area contributed by atoms with Crippen LogP contribution in [-0.2, 0) is 0 Å². The van der Waals surface area contributed by atoms with Crippen LogP contribution >= 0.6 is 11.0 Å². The smallest absolute Gasteiger partial charge is 0.179 e. The third-order valence-electron chi connectivity index (χ3n) is 5.40. The molecule has 0 amide bonds. The Balaban J connectivity index is 1.64. The fourth-order valence-corrected chi connectivity index (χ4v) is 5.85. The Hall–Kier alpha value is -2.44. The summed E-state index contributed by atoms with van der Waals surface area (Å²) in [6.45, 7) is 2.27. The highest BCUT2D eigenvalue weighted by atomic mass is 32.3. The Morgan fingerprint density at radius 3 is 2.57 bits per heavy atom. The van der Waals surface area contributed by atoms with Gasteiger partial charge in [-0.3, -0.25) is 13.4 Å². The molecule has 1 atom stereocenters. The van der Waals surface area contributed by atoms with Gasteiger partial charge in [-0.2, -0.15) is 9.57 Å². The summed E-state index contributed by atoms with van der Waals surface area (Å²) in [5.74, 6) is 0.739. The van der Waals surface area contributed by atoms with Gasteiger partial charge in [0.25, 0.3) is 0 Å². The first-order valence-corrected chi connectivity index (χ1v) is 10.7. The lowest BCUT2D eigenvalue weighted by molar-refractivity contribution is 0.310. The zero-order chi connectivity index (χ0) is 19.7. The summed E-state index contributed by atoms with van der Waals surface area (Å²) in [7, 11) is -1.49. The summed E-state index contributed by atoms with van der Waals surface area (Å²) in [6.07, 6.45) is 2.91. The molecule has 2 saturated heterocycles. The van der Waals surface area contributed by atoms with Crippen molar-refractivity contribution >= 4 is 16.6 Å². The number of anilines is 1. The Morgan fingerprint density at radius 2 is 1.89 bits per heavy atom. The van der Waals surface area contributed by atoms with Gasteiger partial charge in [-0.05, 0) is 30.2 Å². The van der Waals surface area contributed by atoms with Crippen LogP contribution in [0.15, 0.2) is 48.5 Å². The third-order valence-corrected chi connectivity index (χ3v) is 7.50. The van der Waals surface area contributed by atoms with Gasteiger partial charge < -0.3 is 9.64 Å². The van der Waals surface area contributed by atoms with Crippen LogP contribution < -0.4 is 9.04 Å². The number of methoxy groups -OCH3 is 1. The maximum atomic E-state index is 11.0. The average molecular weight is 401 g/mol. The summed E-state index contributed by atoms with van der Waals surface area (Å²) < 4.78 is 31.0. The zero-order valence-electron chi connectivity index (χ0n) is 15.7. The summed E-state index contributed by atoms with van der Waals surface area (Å²) >= 11 is 0. The van der Waals surface area contributed by atoms with Gasteiger partial charge in [0.15, 0.2) is 6.19 Å². The van der Waals surface area contributed by atoms with Crippen molar-refractivity contribution in [2.75, 3.05) is 37.6 Å². The van der Waals surface area contributed by atoms with E-state index in [1.54, 1.807) is 20.6 Å². The molecule has 0 aliphatic carbocycles. The first-order chi connectivity index (χ1) is 13.5. The lowest BCUT2D eigenvalue weighted by Crippen LogP contribution is -2.38. The van der Waals surface area contributed by atoms with E-state index in [4.69, 9.17) is 10.00 Å². The van der Waals surface area contributed by atoms with Crippen LogP contribution in [0.25, 0.3) is 11.1 Å². The molecule has 28 heavy (non-hydrogen) atoms. The molecule has 0 spiro atoms. The largest absolute Gasteiger partial charge is 0.496 e. The second-order valence-electron chi connectivity index (χ2n) is 6.97. The van der Waals surface area contributed by atoms with E-state index in [1.165, 1.54) is 0 Å². The molecule has 148 valence electrons. The van der Waals surface area contributed by atoms with Gasteiger partial charge in [-0.1, -0.05) is 41.3 Å². The van der Waals surface area contributed by atoms with E-state index in [2.05, 4.69) is 6.19 Å². The van der Waals surface area contributed by atoms with Crippen LogP contribution in [0.2, 0.25) is 0 Å². The van der Waals surface area contributed by atoms with Crippen molar-refractivity contribution in [1.29, 1.82) is 5.26 Å². The fraction of sp³-hybridized carbons (Fsp3) is 0.350. The molecule has 7 nitrogen and oxygen atoms in total. The highest BCUT2D eigenvalue weighted by Gasteiger charge is 2.43. The van der Waals surface area contributed by atoms with Gasteiger partial charge in [0.1, 0.15) is 5.75 Å². The number of rotatable bonds is 4. The van der Waals surface area contributed by atoms with E-state index in [9.17, 15) is 9.11 Å². The molecule has 2 aliphatic heterocycles. The molecular formula is C20H24N4O3S. The van der Waals surface area contributed by atoms with Gasteiger partial charge in [0.2, 0.25) is 0 Å². The summed E-state index contributed by atoms with van der Waals surface area (Å²) in [4.78, 5) is 1.67. The molecule has 2 heterocycles. The van der Waals surface area contributed by atoms with Gasteiger partial charge in [-0.25, -0.2) is 0 Å². The molecule has 0 bridgehead atoms. The first-order valence-electron chi connectivity index (χ1n) is 9.25. The van der Waals surface area contributed by atoms with Crippen molar-refractivity contribution in [1.82, 2.24) is 9.21 Å². The Labute approximate surface area is 167 Å². The maximum absolute atomic E-state index is 11.0. The number of likely N-dealkylation sites (tertiary alicyclic amines) is 1. The monoisotopic (exact) mass is 400 g/mol. The van der Waals surface area contributed by atoms with Crippen molar-refractivity contribution in [2.45, 2.75) is 12.5 Å². The molecule has 2 aliphatic rings. The second kappa shape index (κ2) is 7.53. The SMILES string of the molecule is COc1ccc(N2CCN(C3CCN(C#N)C3)S2(O)O)cc1-c1ccccc1. The van der Waals surface area contributed by atoms with Crippen molar-refractivity contribution in [2.24, 2.45) is 0 Å². The topological polar surface area (TPSA) is 83.2 Å². The minimum atomic E-state index is -3.12. The number of ether oxygens (including phenoxy) is 1. The maximum Gasteiger partial charge on any atom is 0.179 e. The quantitative estimate of drug-likeness (QED) is 0.759. The van der Waals surface area contributed by atoms with Crippen LogP contribution in [0.3, 0.4) is 0 Å². The lowest BCUT2D eigenvalue weighted by Gasteiger charge is -2.45. The van der Waals surface area contributed by atoms with E-state index in [0.717, 1.165) is 29.0 Å². The number of nitrogens with zero attached hydrogens (tertiary/aromatic N) is 4. The van der Waals surface area contributed by atoms with Crippen LogP contribution in [0, 0.1) is 11.5 Å². The predicted molar refractivity (Wildman–Crippen MR) is 111 cm³/mol. The average Bonchev–Trinajstić information content (AvgIpc) is 3.31. The number of hydrogen-bond acceptors (Lipinski definition) is 7. The van der Waals surface area contributed by atoms with Gasteiger partial charge in [0, 0.05) is 25.2 Å². The molecule has 1 unspecified atom stereocenters. The summed E-state index contributed by atoms with van der Waals surface area (Å²) in [5.41, 5.74) is 2.66. The van der Waals surface area contributed by atoms with Gasteiger partial charge in [0.05, 0.1) is 25.4 Å². The molecule has 2 N–H and O–H groups in total. The molecule has 2 fully saturated rings. The van der Waals surface area contributed by atoms with Crippen molar-refractivity contribution in [3.05, 3.63) is 48.5 Å². The number of nitriles is 1. The second-order valence-corrected chi connectivity index (χ2v) is 8.86. The molecule has 0 saturated carbocycles. The van der Waals surface area contributed by atoms with E-state index in [0.29, 0.717) is 26.2 Å². The summed E-state index contributed by atoms with van der Waals surface area (Å²) in [6, 6.07) is 15.5. The minimum Gasteiger partial charge on any atom is -0.496 e. The van der Waals surface area contributed by atoms with Crippen molar-refractivity contribution < 1.29 is 13.8 Å². The highest BCUT2D eigenvalue weighted by Crippen LogP contribution is 2.55. The first kappa shape index (κ1) is 18.9. The Kier molecular flexibility index (Phi) is 5.08. The summed E-state index contributed by atoms with van der Waals surface area (Å²) in [5, 5.41) is 9.09. The van der Waals surface area contributed by atoms with E-state index < -0.39 is 11.0 Å². The predicted octanol–water partition coefficient (Wildman–Crippen LogP) is 3.62. The fourth-order valence-electron chi connectivity index (χ4n) is 3.98. The minimum absolute atomic E-state index is 0.0264. The molecule has 0 radical (unpaired) electrons. The molecule has 0 aromatic heterocycles. The molecule has 4 rings (SSSR count). The standard InChI is InChI=1S/C20H24N4O3S/c1-27-20-8-7-17(13-19(20)16-5-3-2-4-6-16)23-11-12-24(28(23,25)26)18-9-10-22(14-18)15-21/h2-8,13,18,25-26H,9-12,14H2,1H3. The van der Waals surface area contributed by atoms with Gasteiger partial charge in [-0.15, -0.1) is 0 Å². The van der Waals surface area contributed by atoms with Crippen molar-refractivity contribution in [3.63, 3.8) is 0 Å². The van der Waals surface area contributed by atoms with E-state index in [1.807, 2.05) is 48.5 Å². The van der Waals surface area contributed by atoms with Gasteiger partial charge >= 0.3 is 0 Å². The Bertz CT molecular complexity index is 887. The normalized spacial score (nSPS) is 22.9. The molecule has 8 heteroatoms. The van der Waals surface area contributed by atoms with Crippen molar-refractivity contribution in [3.8, 4) is 23.1 Å². The molecule has 2 aromatic carbocycles. The van der Waals surface area contributed by atoms with Crippen LogP contribution in [0.1, 0.15) is 6.42 Å².